The Kier molecular flexibility index (Phi) is 3.70. The molecule has 1 aliphatic rings. The Balaban J connectivity index is 2.04. The van der Waals surface area contributed by atoms with Crippen molar-refractivity contribution in [3.05, 3.63) is 29.5 Å². The number of rotatable bonds is 6. The molecule has 2 aromatic rings. The molecule has 0 bridgehead atoms. The lowest BCUT2D eigenvalue weighted by Crippen LogP contribution is -2.22. The Morgan fingerprint density at radius 1 is 1.35 bits per heavy atom. The summed E-state index contributed by atoms with van der Waals surface area (Å²) >= 11 is 0. The van der Waals surface area contributed by atoms with Crippen LogP contribution in [0.1, 0.15) is 50.9 Å². The predicted molar refractivity (Wildman–Crippen MR) is 81.3 cm³/mol. The van der Waals surface area contributed by atoms with Crippen molar-refractivity contribution in [2.24, 2.45) is 0 Å². The molecule has 3 nitrogen and oxygen atoms in total. The minimum Gasteiger partial charge on any atom is -0.490 e. The first-order valence-electron chi connectivity index (χ1n) is 7.61. The molecule has 108 valence electrons. The van der Waals surface area contributed by atoms with Gasteiger partial charge in [0, 0.05) is 17.0 Å². The van der Waals surface area contributed by atoms with Crippen LogP contribution < -0.4 is 10.1 Å². The number of furan rings is 1. The van der Waals surface area contributed by atoms with Gasteiger partial charge in [0.05, 0.1) is 13.2 Å². The summed E-state index contributed by atoms with van der Waals surface area (Å²) in [6.07, 6.45) is 2.56. The molecular weight excluding hydrogens is 250 g/mol. The fraction of sp³-hybridized carbons (Fsp3) is 0.529. The average molecular weight is 273 g/mol. The van der Waals surface area contributed by atoms with Crippen molar-refractivity contribution in [1.82, 2.24) is 5.32 Å². The van der Waals surface area contributed by atoms with E-state index < -0.39 is 0 Å². The Bertz CT molecular complexity index is 596. The van der Waals surface area contributed by atoms with Crippen molar-refractivity contribution in [3.8, 4) is 5.75 Å². The third-order valence-electron chi connectivity index (χ3n) is 3.75. The SMILES string of the molecule is CCOc1cccc2c(C3CC3)c(CNC(C)C)oc12. The highest BCUT2D eigenvalue weighted by Gasteiger charge is 2.31. The summed E-state index contributed by atoms with van der Waals surface area (Å²) in [4.78, 5) is 0. The van der Waals surface area contributed by atoms with Gasteiger partial charge in [0.15, 0.2) is 11.3 Å². The molecule has 1 heterocycles. The molecular formula is C17H23NO2. The normalized spacial score (nSPS) is 15.2. The van der Waals surface area contributed by atoms with E-state index in [1.807, 2.05) is 13.0 Å². The molecule has 0 amide bonds. The van der Waals surface area contributed by atoms with Crippen molar-refractivity contribution in [3.63, 3.8) is 0 Å². The monoisotopic (exact) mass is 273 g/mol. The quantitative estimate of drug-likeness (QED) is 0.856. The predicted octanol–water partition coefficient (Wildman–Crippen LogP) is 4.21. The van der Waals surface area contributed by atoms with Gasteiger partial charge in [-0.3, -0.25) is 0 Å². The van der Waals surface area contributed by atoms with Crippen LogP contribution in [-0.2, 0) is 6.54 Å². The first kappa shape index (κ1) is 13.5. The summed E-state index contributed by atoms with van der Waals surface area (Å²) in [6.45, 7) is 7.78. The molecule has 1 aromatic heterocycles. The fourth-order valence-corrected chi connectivity index (χ4v) is 2.68. The Labute approximate surface area is 120 Å². The van der Waals surface area contributed by atoms with E-state index in [-0.39, 0.29) is 0 Å². The zero-order chi connectivity index (χ0) is 14.1. The van der Waals surface area contributed by atoms with Gasteiger partial charge < -0.3 is 14.5 Å². The van der Waals surface area contributed by atoms with E-state index >= 15 is 0 Å². The molecule has 0 saturated heterocycles. The van der Waals surface area contributed by atoms with Crippen molar-refractivity contribution in [2.75, 3.05) is 6.61 Å². The fourth-order valence-electron chi connectivity index (χ4n) is 2.68. The number of hydrogen-bond donors (Lipinski definition) is 1. The van der Waals surface area contributed by atoms with Gasteiger partial charge in [-0.25, -0.2) is 0 Å². The minimum absolute atomic E-state index is 0.460. The van der Waals surface area contributed by atoms with Crippen LogP contribution in [0, 0.1) is 0 Å². The lowest BCUT2D eigenvalue weighted by Gasteiger charge is -2.07. The molecule has 1 fully saturated rings. The second kappa shape index (κ2) is 5.49. The van der Waals surface area contributed by atoms with Crippen LogP contribution in [0.5, 0.6) is 5.75 Å². The summed E-state index contributed by atoms with van der Waals surface area (Å²) in [7, 11) is 0. The van der Waals surface area contributed by atoms with Crippen LogP contribution in [0.25, 0.3) is 11.0 Å². The Hall–Kier alpha value is -1.48. The first-order chi connectivity index (χ1) is 9.70. The van der Waals surface area contributed by atoms with Gasteiger partial charge in [-0.15, -0.1) is 0 Å². The third kappa shape index (κ3) is 2.55. The molecule has 3 rings (SSSR count). The van der Waals surface area contributed by atoms with Gasteiger partial charge in [0.1, 0.15) is 5.76 Å². The Morgan fingerprint density at radius 2 is 2.15 bits per heavy atom. The van der Waals surface area contributed by atoms with Gasteiger partial charge in [-0.1, -0.05) is 26.0 Å². The van der Waals surface area contributed by atoms with E-state index in [2.05, 4.69) is 31.3 Å². The van der Waals surface area contributed by atoms with Crippen LogP contribution in [0.3, 0.4) is 0 Å². The van der Waals surface area contributed by atoms with Crippen LogP contribution >= 0.6 is 0 Å². The number of benzene rings is 1. The minimum atomic E-state index is 0.460. The van der Waals surface area contributed by atoms with Crippen LogP contribution in [0.4, 0.5) is 0 Å². The molecule has 1 aromatic carbocycles. The van der Waals surface area contributed by atoms with E-state index in [0.29, 0.717) is 18.6 Å². The van der Waals surface area contributed by atoms with Gasteiger partial charge in [-0.2, -0.15) is 0 Å². The zero-order valence-electron chi connectivity index (χ0n) is 12.5. The average Bonchev–Trinajstić information content (AvgIpc) is 3.18. The maximum atomic E-state index is 6.15. The third-order valence-corrected chi connectivity index (χ3v) is 3.75. The van der Waals surface area contributed by atoms with Crippen LogP contribution in [0.2, 0.25) is 0 Å². The maximum Gasteiger partial charge on any atom is 0.176 e. The summed E-state index contributed by atoms with van der Waals surface area (Å²) in [5, 5.41) is 4.70. The van der Waals surface area contributed by atoms with Crippen LogP contribution in [0.15, 0.2) is 22.6 Å². The second-order valence-electron chi connectivity index (χ2n) is 5.81. The van der Waals surface area contributed by atoms with E-state index in [4.69, 9.17) is 9.15 Å². The van der Waals surface area contributed by atoms with E-state index in [0.717, 1.165) is 23.6 Å². The lowest BCUT2D eigenvalue weighted by atomic mass is 10.1. The highest BCUT2D eigenvalue weighted by molar-refractivity contribution is 5.88. The maximum absolute atomic E-state index is 6.15. The molecule has 0 unspecified atom stereocenters. The Morgan fingerprint density at radius 3 is 2.80 bits per heavy atom. The first-order valence-corrected chi connectivity index (χ1v) is 7.61. The van der Waals surface area contributed by atoms with Gasteiger partial charge >= 0.3 is 0 Å². The molecule has 0 aliphatic heterocycles. The number of fused-ring (bicyclic) bond motifs is 1. The van der Waals surface area contributed by atoms with Crippen molar-refractivity contribution >= 4 is 11.0 Å². The highest BCUT2D eigenvalue weighted by Crippen LogP contribution is 2.47. The number of hydrogen-bond acceptors (Lipinski definition) is 3. The number of ether oxygens (including phenoxy) is 1. The molecule has 1 N–H and O–H groups in total. The molecule has 1 aliphatic carbocycles. The second-order valence-corrected chi connectivity index (χ2v) is 5.81. The summed E-state index contributed by atoms with van der Waals surface area (Å²) in [5.74, 6) is 2.63. The summed E-state index contributed by atoms with van der Waals surface area (Å²) in [6, 6.07) is 6.68. The largest absolute Gasteiger partial charge is 0.490 e. The lowest BCUT2D eigenvalue weighted by molar-refractivity contribution is 0.337. The van der Waals surface area contributed by atoms with Crippen molar-refractivity contribution in [2.45, 2.75) is 52.1 Å². The molecule has 0 radical (unpaired) electrons. The van der Waals surface area contributed by atoms with E-state index in [1.54, 1.807) is 0 Å². The van der Waals surface area contributed by atoms with Gasteiger partial charge in [0.2, 0.25) is 0 Å². The standard InChI is InChI=1S/C17H23NO2/c1-4-19-14-7-5-6-13-16(12-8-9-12)15(20-17(13)14)10-18-11(2)3/h5-7,11-12,18H,4,8-10H2,1-3H3. The molecule has 20 heavy (non-hydrogen) atoms. The molecule has 0 atom stereocenters. The highest BCUT2D eigenvalue weighted by atomic mass is 16.5. The zero-order valence-corrected chi connectivity index (χ0v) is 12.5. The van der Waals surface area contributed by atoms with Gasteiger partial charge in [0.25, 0.3) is 0 Å². The number of nitrogens with one attached hydrogen (secondary N) is 1. The van der Waals surface area contributed by atoms with Crippen molar-refractivity contribution < 1.29 is 9.15 Å². The number of para-hydroxylation sites is 1. The smallest absolute Gasteiger partial charge is 0.176 e. The van der Waals surface area contributed by atoms with Gasteiger partial charge in [-0.05, 0) is 31.7 Å². The van der Waals surface area contributed by atoms with E-state index in [1.165, 1.54) is 23.8 Å². The molecule has 1 saturated carbocycles. The van der Waals surface area contributed by atoms with E-state index in [9.17, 15) is 0 Å². The van der Waals surface area contributed by atoms with Crippen molar-refractivity contribution in [1.29, 1.82) is 0 Å². The molecule has 0 spiro atoms. The summed E-state index contributed by atoms with van der Waals surface area (Å²) < 4.78 is 11.8. The summed E-state index contributed by atoms with van der Waals surface area (Å²) in [5.41, 5.74) is 2.31. The molecule has 3 heteroatoms. The topological polar surface area (TPSA) is 34.4 Å². The van der Waals surface area contributed by atoms with Crippen LogP contribution in [-0.4, -0.2) is 12.6 Å².